The Morgan fingerprint density at radius 3 is 3.12 bits per heavy atom. The number of benzene rings is 1. The van der Waals surface area contributed by atoms with Crippen LogP contribution in [-0.4, -0.2) is 24.8 Å². The lowest BCUT2D eigenvalue weighted by Gasteiger charge is -2.05. The number of rotatable bonds is 6. The molecule has 16 heavy (non-hydrogen) atoms. The zero-order valence-corrected chi connectivity index (χ0v) is 10.1. The highest BCUT2D eigenvalue weighted by molar-refractivity contribution is 7.16. The van der Waals surface area contributed by atoms with Crippen LogP contribution in [0.4, 0.5) is 0 Å². The minimum atomic E-state index is 0.699. The van der Waals surface area contributed by atoms with E-state index in [1.54, 1.807) is 11.3 Å². The predicted molar refractivity (Wildman–Crippen MR) is 66.2 cm³/mol. The summed E-state index contributed by atoms with van der Waals surface area (Å²) in [4.78, 5) is 4.22. The van der Waals surface area contributed by atoms with Gasteiger partial charge in [-0.05, 0) is 25.1 Å². The minimum absolute atomic E-state index is 0.699. The molecular weight excluding hydrogens is 222 g/mol. The summed E-state index contributed by atoms with van der Waals surface area (Å²) in [7, 11) is 0. The lowest BCUT2D eigenvalue weighted by atomic mass is 10.3. The van der Waals surface area contributed by atoms with E-state index in [0.29, 0.717) is 6.61 Å². The van der Waals surface area contributed by atoms with Crippen molar-refractivity contribution in [3.63, 3.8) is 0 Å². The summed E-state index contributed by atoms with van der Waals surface area (Å²) in [5, 5.41) is 0. The first-order chi connectivity index (χ1) is 7.90. The highest BCUT2D eigenvalue weighted by atomic mass is 32.1. The fourth-order valence-corrected chi connectivity index (χ4v) is 2.13. The van der Waals surface area contributed by atoms with Gasteiger partial charge in [0.2, 0.25) is 0 Å². The van der Waals surface area contributed by atoms with Crippen molar-refractivity contribution in [1.82, 2.24) is 4.98 Å². The summed E-state index contributed by atoms with van der Waals surface area (Å²) in [6.45, 7) is 4.23. The van der Waals surface area contributed by atoms with Crippen molar-refractivity contribution < 1.29 is 9.47 Å². The van der Waals surface area contributed by atoms with Crippen molar-refractivity contribution in [2.24, 2.45) is 0 Å². The van der Waals surface area contributed by atoms with Crippen LogP contribution in [0.15, 0.2) is 23.7 Å². The molecular formula is C12H15NO2S. The average molecular weight is 237 g/mol. The molecule has 0 fully saturated rings. The molecule has 0 N–H and O–H groups in total. The highest BCUT2D eigenvalue weighted by Crippen LogP contribution is 2.23. The predicted octanol–water partition coefficient (Wildman–Crippen LogP) is 3.10. The van der Waals surface area contributed by atoms with E-state index in [0.717, 1.165) is 30.9 Å². The quantitative estimate of drug-likeness (QED) is 0.723. The van der Waals surface area contributed by atoms with Crippen LogP contribution in [0, 0.1) is 0 Å². The molecule has 3 nitrogen and oxygen atoms in total. The third kappa shape index (κ3) is 2.93. The molecule has 0 aliphatic carbocycles. The van der Waals surface area contributed by atoms with Gasteiger partial charge in [-0.3, -0.25) is 0 Å². The minimum Gasteiger partial charge on any atom is -0.493 e. The Labute approximate surface area is 99.0 Å². The van der Waals surface area contributed by atoms with Crippen LogP contribution in [0.2, 0.25) is 0 Å². The van der Waals surface area contributed by atoms with Crippen molar-refractivity contribution in [3.05, 3.63) is 23.7 Å². The number of nitrogens with zero attached hydrogens (tertiary/aromatic N) is 1. The zero-order valence-electron chi connectivity index (χ0n) is 9.31. The first kappa shape index (κ1) is 11.4. The molecule has 0 spiro atoms. The molecule has 0 aliphatic heterocycles. The van der Waals surface area contributed by atoms with Gasteiger partial charge >= 0.3 is 0 Å². The molecule has 0 radical (unpaired) electrons. The fraction of sp³-hybridized carbons (Fsp3) is 0.417. The van der Waals surface area contributed by atoms with Gasteiger partial charge in [0.25, 0.3) is 0 Å². The monoisotopic (exact) mass is 237 g/mol. The van der Waals surface area contributed by atoms with Crippen molar-refractivity contribution in [3.8, 4) is 5.75 Å². The maximum Gasteiger partial charge on any atom is 0.120 e. The van der Waals surface area contributed by atoms with Crippen LogP contribution in [0.25, 0.3) is 10.2 Å². The smallest absolute Gasteiger partial charge is 0.120 e. The number of fused-ring (bicyclic) bond motifs is 1. The number of aromatic nitrogens is 1. The van der Waals surface area contributed by atoms with E-state index >= 15 is 0 Å². The van der Waals surface area contributed by atoms with Gasteiger partial charge in [-0.1, -0.05) is 0 Å². The van der Waals surface area contributed by atoms with Gasteiger partial charge in [-0.2, -0.15) is 0 Å². The molecule has 86 valence electrons. The van der Waals surface area contributed by atoms with Gasteiger partial charge in [0.1, 0.15) is 5.75 Å². The van der Waals surface area contributed by atoms with Crippen LogP contribution in [-0.2, 0) is 4.74 Å². The van der Waals surface area contributed by atoms with E-state index in [2.05, 4.69) is 4.98 Å². The maximum atomic E-state index is 5.63. The second-order valence-electron chi connectivity index (χ2n) is 3.38. The molecule has 0 atom stereocenters. The van der Waals surface area contributed by atoms with Crippen molar-refractivity contribution in [2.45, 2.75) is 13.3 Å². The number of ether oxygens (including phenoxy) is 2. The SMILES string of the molecule is CCOCCCOc1ccc2ncsc2c1. The molecule has 2 rings (SSSR count). The van der Waals surface area contributed by atoms with Crippen LogP contribution in [0.3, 0.4) is 0 Å². The highest BCUT2D eigenvalue weighted by Gasteiger charge is 1.99. The zero-order chi connectivity index (χ0) is 11.2. The van der Waals surface area contributed by atoms with Crippen LogP contribution in [0.5, 0.6) is 5.75 Å². The Kier molecular flexibility index (Phi) is 4.13. The Hall–Kier alpha value is -1.13. The Balaban J connectivity index is 1.84. The fourth-order valence-electron chi connectivity index (χ4n) is 1.42. The molecule has 0 unspecified atom stereocenters. The first-order valence-electron chi connectivity index (χ1n) is 5.44. The second kappa shape index (κ2) is 5.82. The van der Waals surface area contributed by atoms with E-state index in [-0.39, 0.29) is 0 Å². The van der Waals surface area contributed by atoms with Crippen molar-refractivity contribution in [2.75, 3.05) is 19.8 Å². The van der Waals surface area contributed by atoms with E-state index in [1.807, 2.05) is 30.6 Å². The largest absolute Gasteiger partial charge is 0.493 e. The Bertz CT molecular complexity index is 441. The van der Waals surface area contributed by atoms with Gasteiger partial charge < -0.3 is 9.47 Å². The first-order valence-corrected chi connectivity index (χ1v) is 6.32. The van der Waals surface area contributed by atoms with Gasteiger partial charge in [0.05, 0.1) is 22.3 Å². The maximum absolute atomic E-state index is 5.63. The van der Waals surface area contributed by atoms with Crippen molar-refractivity contribution >= 4 is 21.6 Å². The van der Waals surface area contributed by atoms with Gasteiger partial charge in [0.15, 0.2) is 0 Å². The molecule has 0 aliphatic rings. The van der Waals surface area contributed by atoms with E-state index < -0.39 is 0 Å². The molecule has 0 bridgehead atoms. The number of thiazole rings is 1. The topological polar surface area (TPSA) is 31.4 Å². The summed E-state index contributed by atoms with van der Waals surface area (Å²) in [5.41, 5.74) is 2.88. The van der Waals surface area contributed by atoms with E-state index in [4.69, 9.17) is 9.47 Å². The molecule has 2 aromatic rings. The van der Waals surface area contributed by atoms with Crippen LogP contribution in [0.1, 0.15) is 13.3 Å². The van der Waals surface area contributed by atoms with Gasteiger partial charge in [-0.15, -0.1) is 11.3 Å². The van der Waals surface area contributed by atoms with E-state index in [9.17, 15) is 0 Å². The third-order valence-electron chi connectivity index (χ3n) is 2.21. The number of hydrogen-bond acceptors (Lipinski definition) is 4. The van der Waals surface area contributed by atoms with E-state index in [1.165, 1.54) is 4.70 Å². The van der Waals surface area contributed by atoms with Gasteiger partial charge in [-0.25, -0.2) is 4.98 Å². The standard InChI is InChI=1S/C12H15NO2S/c1-2-14-6-3-7-15-10-4-5-11-12(8-10)16-9-13-11/h4-5,8-9H,2-3,6-7H2,1H3. The third-order valence-corrected chi connectivity index (χ3v) is 3.00. The molecule has 1 heterocycles. The molecule has 0 saturated heterocycles. The molecule has 0 saturated carbocycles. The normalized spacial score (nSPS) is 10.8. The second-order valence-corrected chi connectivity index (χ2v) is 4.27. The number of hydrogen-bond donors (Lipinski definition) is 0. The summed E-state index contributed by atoms with van der Waals surface area (Å²) in [6, 6.07) is 5.99. The summed E-state index contributed by atoms with van der Waals surface area (Å²) >= 11 is 1.63. The summed E-state index contributed by atoms with van der Waals surface area (Å²) < 4.78 is 12.0. The Morgan fingerprint density at radius 2 is 2.25 bits per heavy atom. The van der Waals surface area contributed by atoms with Crippen molar-refractivity contribution in [1.29, 1.82) is 0 Å². The molecule has 1 aromatic carbocycles. The lowest BCUT2D eigenvalue weighted by molar-refractivity contribution is 0.131. The summed E-state index contributed by atoms with van der Waals surface area (Å²) in [6.07, 6.45) is 0.925. The summed E-state index contributed by atoms with van der Waals surface area (Å²) in [5.74, 6) is 0.910. The molecule has 0 amide bonds. The van der Waals surface area contributed by atoms with Crippen LogP contribution < -0.4 is 4.74 Å². The average Bonchev–Trinajstić information content (AvgIpc) is 2.76. The lowest BCUT2D eigenvalue weighted by Crippen LogP contribution is -2.02. The molecule has 4 heteroatoms. The van der Waals surface area contributed by atoms with Crippen LogP contribution >= 0.6 is 11.3 Å². The van der Waals surface area contributed by atoms with Gasteiger partial charge in [0, 0.05) is 19.6 Å². The Morgan fingerprint density at radius 1 is 1.31 bits per heavy atom. The molecule has 1 aromatic heterocycles.